The van der Waals surface area contributed by atoms with Gasteiger partial charge in [-0.05, 0) is 29.9 Å². The molecular formula is C9H10N4S. The van der Waals surface area contributed by atoms with Crippen LogP contribution in [0.5, 0.6) is 0 Å². The SMILES string of the molecule is N#CCc1ccc(NC(=S)NN)cc1. The quantitative estimate of drug-likeness (QED) is 0.381. The topological polar surface area (TPSA) is 73.9 Å². The largest absolute Gasteiger partial charge is 0.332 e. The molecule has 0 unspecified atom stereocenters. The Balaban J connectivity index is 2.65. The number of nitriles is 1. The summed E-state index contributed by atoms with van der Waals surface area (Å²) in [6, 6.07) is 9.50. The van der Waals surface area contributed by atoms with Gasteiger partial charge in [-0.1, -0.05) is 12.1 Å². The van der Waals surface area contributed by atoms with Gasteiger partial charge in [-0.2, -0.15) is 5.26 Å². The highest BCUT2D eigenvalue weighted by atomic mass is 32.1. The second-order valence-corrected chi connectivity index (χ2v) is 3.04. The van der Waals surface area contributed by atoms with Crippen LogP contribution >= 0.6 is 12.2 Å². The van der Waals surface area contributed by atoms with E-state index in [1.165, 1.54) is 0 Å². The molecule has 5 heteroatoms. The van der Waals surface area contributed by atoms with E-state index in [0.29, 0.717) is 11.5 Å². The lowest BCUT2D eigenvalue weighted by Crippen LogP contribution is -2.34. The van der Waals surface area contributed by atoms with Crippen LogP contribution in [-0.4, -0.2) is 5.11 Å². The van der Waals surface area contributed by atoms with Crippen molar-refractivity contribution >= 4 is 23.0 Å². The molecule has 4 N–H and O–H groups in total. The fraction of sp³-hybridized carbons (Fsp3) is 0.111. The molecule has 0 radical (unpaired) electrons. The number of rotatable bonds is 2. The monoisotopic (exact) mass is 206 g/mol. The fourth-order valence-corrected chi connectivity index (χ4v) is 1.08. The third kappa shape index (κ3) is 3.01. The first-order chi connectivity index (χ1) is 6.76. The van der Waals surface area contributed by atoms with E-state index >= 15 is 0 Å². The molecule has 0 saturated heterocycles. The van der Waals surface area contributed by atoms with Crippen LogP contribution in [-0.2, 0) is 6.42 Å². The fourth-order valence-electron chi connectivity index (χ4n) is 0.964. The van der Waals surface area contributed by atoms with Crippen LogP contribution in [0.4, 0.5) is 5.69 Å². The molecule has 0 aliphatic rings. The number of anilines is 1. The van der Waals surface area contributed by atoms with Crippen molar-refractivity contribution in [2.24, 2.45) is 5.84 Å². The van der Waals surface area contributed by atoms with Crippen LogP contribution in [0.3, 0.4) is 0 Å². The second-order valence-electron chi connectivity index (χ2n) is 2.63. The summed E-state index contributed by atoms with van der Waals surface area (Å²) in [5.74, 6) is 5.10. The molecule has 0 fully saturated rings. The third-order valence-corrected chi connectivity index (χ3v) is 1.85. The van der Waals surface area contributed by atoms with E-state index in [2.05, 4.69) is 16.8 Å². The molecule has 0 aliphatic heterocycles. The van der Waals surface area contributed by atoms with E-state index in [1.807, 2.05) is 24.3 Å². The van der Waals surface area contributed by atoms with Crippen LogP contribution in [0, 0.1) is 11.3 Å². The van der Waals surface area contributed by atoms with Crippen molar-refractivity contribution < 1.29 is 0 Å². The molecule has 1 rings (SSSR count). The van der Waals surface area contributed by atoms with Gasteiger partial charge in [-0.25, -0.2) is 5.84 Å². The van der Waals surface area contributed by atoms with Gasteiger partial charge in [-0.3, -0.25) is 0 Å². The minimum absolute atomic E-state index is 0.359. The number of thiocarbonyl (C=S) groups is 1. The lowest BCUT2D eigenvalue weighted by molar-refractivity contribution is 1.04. The van der Waals surface area contributed by atoms with Gasteiger partial charge in [0, 0.05) is 5.69 Å². The molecule has 14 heavy (non-hydrogen) atoms. The Bertz CT molecular complexity index is 352. The Hall–Kier alpha value is -1.64. The van der Waals surface area contributed by atoms with Gasteiger partial charge in [0.15, 0.2) is 5.11 Å². The minimum Gasteiger partial charge on any atom is -0.332 e. The van der Waals surface area contributed by atoms with Crippen LogP contribution in [0.25, 0.3) is 0 Å². The zero-order valence-corrected chi connectivity index (χ0v) is 8.27. The summed E-state index contributed by atoms with van der Waals surface area (Å²) in [6.07, 6.45) is 0.417. The second kappa shape index (κ2) is 5.17. The van der Waals surface area contributed by atoms with Crippen LogP contribution in [0.2, 0.25) is 0 Å². The highest BCUT2D eigenvalue weighted by Gasteiger charge is 1.95. The van der Waals surface area contributed by atoms with E-state index in [1.54, 1.807) is 0 Å². The van der Waals surface area contributed by atoms with Crippen LogP contribution in [0.15, 0.2) is 24.3 Å². The Morgan fingerprint density at radius 3 is 2.57 bits per heavy atom. The van der Waals surface area contributed by atoms with Crippen LogP contribution < -0.4 is 16.6 Å². The number of hydrogen-bond acceptors (Lipinski definition) is 3. The molecule has 1 aromatic carbocycles. The van der Waals surface area contributed by atoms with Gasteiger partial charge >= 0.3 is 0 Å². The smallest absolute Gasteiger partial charge is 0.185 e. The number of nitrogens with zero attached hydrogens (tertiary/aromatic N) is 1. The molecule has 0 saturated carbocycles. The maximum Gasteiger partial charge on any atom is 0.185 e. The summed E-state index contributed by atoms with van der Waals surface area (Å²) in [6.45, 7) is 0. The van der Waals surface area contributed by atoms with Crippen molar-refractivity contribution in [1.29, 1.82) is 5.26 Å². The van der Waals surface area contributed by atoms with Crippen molar-refractivity contribution in [1.82, 2.24) is 5.43 Å². The number of hydrogen-bond donors (Lipinski definition) is 3. The highest BCUT2D eigenvalue weighted by Crippen LogP contribution is 2.09. The van der Waals surface area contributed by atoms with Crippen molar-refractivity contribution in [3.8, 4) is 6.07 Å². The van der Waals surface area contributed by atoms with Gasteiger partial charge in [-0.15, -0.1) is 0 Å². The number of nitrogens with one attached hydrogen (secondary N) is 2. The molecule has 0 spiro atoms. The molecule has 0 heterocycles. The summed E-state index contributed by atoms with van der Waals surface area (Å²) >= 11 is 4.82. The first kappa shape index (κ1) is 10.4. The van der Waals surface area contributed by atoms with Crippen LogP contribution in [0.1, 0.15) is 5.56 Å². The zero-order chi connectivity index (χ0) is 10.4. The maximum absolute atomic E-state index is 8.46. The van der Waals surface area contributed by atoms with E-state index in [-0.39, 0.29) is 0 Å². The lowest BCUT2D eigenvalue weighted by Gasteiger charge is -2.06. The molecular weight excluding hydrogens is 196 g/mol. The van der Waals surface area contributed by atoms with Crippen molar-refractivity contribution in [3.63, 3.8) is 0 Å². The van der Waals surface area contributed by atoms with Gasteiger partial charge < -0.3 is 10.7 Å². The van der Waals surface area contributed by atoms with Gasteiger partial charge in [0.05, 0.1) is 12.5 Å². The number of hydrazine groups is 1. The summed E-state index contributed by atoms with van der Waals surface area (Å²) in [5, 5.41) is 11.7. The van der Waals surface area contributed by atoms with Crippen molar-refractivity contribution in [3.05, 3.63) is 29.8 Å². The Kier molecular flexibility index (Phi) is 3.85. The first-order valence-electron chi connectivity index (χ1n) is 3.99. The average Bonchev–Trinajstić information content (AvgIpc) is 2.21. The molecule has 0 amide bonds. The molecule has 1 aromatic rings. The van der Waals surface area contributed by atoms with E-state index in [4.69, 9.17) is 23.3 Å². The summed E-state index contributed by atoms with van der Waals surface area (Å²) in [5.41, 5.74) is 4.14. The predicted molar refractivity (Wildman–Crippen MR) is 59.3 cm³/mol. The number of benzene rings is 1. The van der Waals surface area contributed by atoms with E-state index in [9.17, 15) is 0 Å². The molecule has 4 nitrogen and oxygen atoms in total. The van der Waals surface area contributed by atoms with E-state index in [0.717, 1.165) is 11.3 Å². The van der Waals surface area contributed by atoms with Gasteiger partial charge in [0.2, 0.25) is 0 Å². The Morgan fingerprint density at radius 1 is 1.43 bits per heavy atom. The minimum atomic E-state index is 0.359. The van der Waals surface area contributed by atoms with Gasteiger partial charge in [0.1, 0.15) is 0 Å². The highest BCUT2D eigenvalue weighted by molar-refractivity contribution is 7.80. The first-order valence-corrected chi connectivity index (χ1v) is 4.40. The molecule has 0 aromatic heterocycles. The molecule has 72 valence electrons. The van der Waals surface area contributed by atoms with Crippen molar-refractivity contribution in [2.45, 2.75) is 6.42 Å². The summed E-state index contributed by atoms with van der Waals surface area (Å²) in [7, 11) is 0. The third-order valence-electron chi connectivity index (χ3n) is 1.63. The average molecular weight is 206 g/mol. The summed E-state index contributed by atoms with van der Waals surface area (Å²) in [4.78, 5) is 0. The molecule has 0 aliphatic carbocycles. The predicted octanol–water partition coefficient (Wildman–Crippen LogP) is 0.913. The van der Waals surface area contributed by atoms with Crippen molar-refractivity contribution in [2.75, 3.05) is 5.32 Å². The Morgan fingerprint density at radius 2 is 2.07 bits per heavy atom. The molecule has 0 atom stereocenters. The Labute approximate surface area is 87.7 Å². The standard InChI is InChI=1S/C9H10N4S/c10-6-5-7-1-3-8(4-2-7)12-9(14)13-11/h1-4H,5,11H2,(H2,12,13,14). The lowest BCUT2D eigenvalue weighted by atomic mass is 10.1. The normalized spacial score (nSPS) is 8.86. The van der Waals surface area contributed by atoms with Gasteiger partial charge in [0.25, 0.3) is 0 Å². The number of nitrogens with two attached hydrogens (primary N) is 1. The zero-order valence-electron chi connectivity index (χ0n) is 7.45. The summed E-state index contributed by atoms with van der Waals surface area (Å²) < 4.78 is 0. The molecule has 0 bridgehead atoms. The van der Waals surface area contributed by atoms with E-state index < -0.39 is 0 Å². The maximum atomic E-state index is 8.46.